The predicted octanol–water partition coefficient (Wildman–Crippen LogP) is 1.79. The summed E-state index contributed by atoms with van der Waals surface area (Å²) in [6.45, 7) is 1.70. The first-order valence-electron chi connectivity index (χ1n) is 9.27. The first-order chi connectivity index (χ1) is 14.9. The average Bonchev–Trinajstić information content (AvgIpc) is 3.40. The maximum absolute atomic E-state index is 13.3. The van der Waals surface area contributed by atoms with Gasteiger partial charge in [-0.15, -0.1) is 0 Å². The Morgan fingerprint density at radius 1 is 1.13 bits per heavy atom. The lowest BCUT2D eigenvalue weighted by molar-refractivity contribution is -0.136. The van der Waals surface area contributed by atoms with Crippen molar-refractivity contribution in [3.8, 4) is 0 Å². The first kappa shape index (κ1) is 20.5. The van der Waals surface area contributed by atoms with E-state index in [-0.39, 0.29) is 11.1 Å². The van der Waals surface area contributed by atoms with Gasteiger partial charge in [0.25, 0.3) is 5.56 Å². The van der Waals surface area contributed by atoms with E-state index in [2.05, 4.69) is 4.99 Å². The van der Waals surface area contributed by atoms with Gasteiger partial charge in [0.2, 0.25) is 0 Å². The number of hydrogen-bond donors (Lipinski definition) is 0. The van der Waals surface area contributed by atoms with Gasteiger partial charge in [-0.3, -0.25) is 9.36 Å². The topological polar surface area (TPSA) is 100 Å². The Kier molecular flexibility index (Phi) is 5.43. The lowest BCUT2D eigenvalue weighted by Crippen LogP contribution is -2.39. The molecule has 8 nitrogen and oxygen atoms in total. The van der Waals surface area contributed by atoms with Gasteiger partial charge in [0.05, 0.1) is 47.9 Å². The van der Waals surface area contributed by atoms with E-state index in [1.165, 1.54) is 36.4 Å². The maximum Gasteiger partial charge on any atom is 0.338 e. The molecule has 1 aliphatic heterocycles. The second-order valence-electron chi connectivity index (χ2n) is 6.70. The monoisotopic (exact) mass is 438 g/mol. The molecule has 0 bridgehead atoms. The highest BCUT2D eigenvalue weighted by Crippen LogP contribution is 2.30. The lowest BCUT2D eigenvalue weighted by atomic mass is 9.95. The molecule has 0 saturated carbocycles. The third-order valence-corrected chi connectivity index (χ3v) is 5.87. The molecule has 1 aliphatic rings. The minimum atomic E-state index is -0.755. The number of carbonyl (C=O) groups is 2. The summed E-state index contributed by atoms with van der Waals surface area (Å²) in [5.74, 6) is -0.523. The van der Waals surface area contributed by atoms with Gasteiger partial charge < -0.3 is 13.9 Å². The molecule has 2 aromatic heterocycles. The predicted molar refractivity (Wildman–Crippen MR) is 112 cm³/mol. The number of esters is 2. The normalized spacial score (nSPS) is 16.0. The molecule has 0 aliphatic carbocycles. The van der Waals surface area contributed by atoms with Crippen molar-refractivity contribution in [3.63, 3.8) is 0 Å². The van der Waals surface area contributed by atoms with Crippen LogP contribution in [0.15, 0.2) is 68.1 Å². The van der Waals surface area contributed by atoms with Crippen molar-refractivity contribution >= 4 is 29.4 Å². The summed E-state index contributed by atoms with van der Waals surface area (Å²) >= 11 is 1.20. The van der Waals surface area contributed by atoms with Gasteiger partial charge in [-0.1, -0.05) is 23.5 Å². The average molecular weight is 438 g/mol. The number of furan rings is 1. The molecule has 0 unspecified atom stereocenters. The first-order valence-corrected chi connectivity index (χ1v) is 10.1. The molecular formula is C22H18N2O6S. The Bertz CT molecular complexity index is 1360. The van der Waals surface area contributed by atoms with E-state index in [0.29, 0.717) is 31.9 Å². The molecule has 3 aromatic rings. The van der Waals surface area contributed by atoms with Crippen molar-refractivity contribution in [2.24, 2.45) is 4.99 Å². The van der Waals surface area contributed by atoms with Gasteiger partial charge >= 0.3 is 11.9 Å². The van der Waals surface area contributed by atoms with E-state index in [4.69, 9.17) is 13.9 Å². The van der Waals surface area contributed by atoms with Gasteiger partial charge in [0.1, 0.15) is 5.76 Å². The molecule has 1 atom stereocenters. The van der Waals surface area contributed by atoms with Crippen molar-refractivity contribution in [3.05, 3.63) is 90.5 Å². The number of thiazole rings is 1. The zero-order valence-corrected chi connectivity index (χ0v) is 17.8. The van der Waals surface area contributed by atoms with Crippen molar-refractivity contribution in [1.29, 1.82) is 0 Å². The standard InChI is InChI=1S/C22H18N2O6S/c1-12-17(21(27)29-3)18(13-6-8-14(9-7-13)20(26)28-2)24-19(25)16(31-22(24)23-12)11-15-5-4-10-30-15/h4-11,18H,1-3H3/b16-11-/t18-/m0/s1. The van der Waals surface area contributed by atoms with Gasteiger partial charge in [-0.25, -0.2) is 14.6 Å². The Morgan fingerprint density at radius 2 is 1.84 bits per heavy atom. The van der Waals surface area contributed by atoms with E-state index in [0.717, 1.165) is 0 Å². The second kappa shape index (κ2) is 8.19. The molecule has 158 valence electrons. The zero-order chi connectivity index (χ0) is 22.1. The number of benzene rings is 1. The fourth-order valence-electron chi connectivity index (χ4n) is 3.43. The Hall–Kier alpha value is -3.72. The van der Waals surface area contributed by atoms with Crippen LogP contribution >= 0.6 is 11.3 Å². The van der Waals surface area contributed by atoms with Crippen LogP contribution in [-0.4, -0.2) is 30.7 Å². The summed E-state index contributed by atoms with van der Waals surface area (Å²) in [4.78, 5) is 42.6. The van der Waals surface area contributed by atoms with Gasteiger partial charge in [-0.05, 0) is 36.8 Å². The highest BCUT2D eigenvalue weighted by molar-refractivity contribution is 7.07. The number of carbonyl (C=O) groups excluding carboxylic acids is 2. The van der Waals surface area contributed by atoms with E-state index in [9.17, 15) is 14.4 Å². The molecule has 0 saturated heterocycles. The van der Waals surface area contributed by atoms with E-state index >= 15 is 0 Å². The summed E-state index contributed by atoms with van der Waals surface area (Å²) in [7, 11) is 2.58. The van der Waals surface area contributed by atoms with Crippen molar-refractivity contribution in [2.45, 2.75) is 13.0 Å². The van der Waals surface area contributed by atoms with Gasteiger partial charge in [0.15, 0.2) is 4.80 Å². The number of methoxy groups -OCH3 is 2. The molecule has 0 fully saturated rings. The van der Waals surface area contributed by atoms with Crippen LogP contribution in [0.3, 0.4) is 0 Å². The number of fused-ring (bicyclic) bond motifs is 1. The van der Waals surface area contributed by atoms with Crippen molar-refractivity contribution in [2.75, 3.05) is 14.2 Å². The molecule has 3 heterocycles. The molecule has 1 aromatic carbocycles. The van der Waals surface area contributed by atoms with Crippen LogP contribution in [-0.2, 0) is 14.3 Å². The number of ether oxygens (including phenoxy) is 2. The van der Waals surface area contributed by atoms with Crippen molar-refractivity contribution < 1.29 is 23.5 Å². The van der Waals surface area contributed by atoms with Crippen LogP contribution in [0.2, 0.25) is 0 Å². The summed E-state index contributed by atoms with van der Waals surface area (Å²) < 4.78 is 16.9. The van der Waals surface area contributed by atoms with E-state index in [1.807, 2.05) is 0 Å². The fraction of sp³-hybridized carbons (Fsp3) is 0.182. The highest BCUT2D eigenvalue weighted by atomic mass is 32.1. The Labute approximate surface area is 180 Å². The maximum atomic E-state index is 13.3. The number of hydrogen-bond acceptors (Lipinski definition) is 8. The minimum Gasteiger partial charge on any atom is -0.466 e. The van der Waals surface area contributed by atoms with Gasteiger partial charge in [0, 0.05) is 6.08 Å². The van der Waals surface area contributed by atoms with Crippen LogP contribution in [0.4, 0.5) is 0 Å². The number of aromatic nitrogens is 1. The molecule has 31 heavy (non-hydrogen) atoms. The Morgan fingerprint density at radius 3 is 2.45 bits per heavy atom. The lowest BCUT2D eigenvalue weighted by Gasteiger charge is -2.24. The van der Waals surface area contributed by atoms with E-state index < -0.39 is 18.0 Å². The summed E-state index contributed by atoms with van der Waals surface area (Å²) in [5.41, 5.74) is 1.39. The summed E-state index contributed by atoms with van der Waals surface area (Å²) in [6, 6.07) is 9.26. The van der Waals surface area contributed by atoms with Crippen LogP contribution in [0.5, 0.6) is 0 Å². The minimum absolute atomic E-state index is 0.255. The zero-order valence-electron chi connectivity index (χ0n) is 16.9. The Balaban J connectivity index is 1.94. The molecule has 0 amide bonds. The summed E-state index contributed by atoms with van der Waals surface area (Å²) in [5, 5.41) is 0. The smallest absolute Gasteiger partial charge is 0.338 e. The second-order valence-corrected chi connectivity index (χ2v) is 7.71. The third kappa shape index (κ3) is 3.64. The molecule has 0 N–H and O–H groups in total. The SMILES string of the molecule is COC(=O)C1=C(C)N=c2s/c(=C\c3ccco3)c(=O)n2[C@H]1c1ccc(C(=O)OC)cc1. The van der Waals surface area contributed by atoms with Crippen molar-refractivity contribution in [1.82, 2.24) is 4.57 Å². The fourth-order valence-corrected chi connectivity index (χ4v) is 4.46. The van der Waals surface area contributed by atoms with Crippen LogP contribution in [0, 0.1) is 0 Å². The highest BCUT2D eigenvalue weighted by Gasteiger charge is 2.33. The van der Waals surface area contributed by atoms with Crippen LogP contribution < -0.4 is 14.9 Å². The quantitative estimate of drug-likeness (QED) is 0.576. The van der Waals surface area contributed by atoms with Gasteiger partial charge in [-0.2, -0.15) is 0 Å². The number of nitrogens with zero attached hydrogens (tertiary/aromatic N) is 2. The van der Waals surface area contributed by atoms with Crippen LogP contribution in [0.1, 0.15) is 34.6 Å². The molecule has 9 heteroatoms. The molecular weight excluding hydrogens is 420 g/mol. The molecule has 4 rings (SSSR count). The number of rotatable bonds is 4. The third-order valence-electron chi connectivity index (χ3n) is 4.89. The number of allylic oxidation sites excluding steroid dienone is 1. The van der Waals surface area contributed by atoms with E-state index in [1.54, 1.807) is 49.4 Å². The summed E-state index contributed by atoms with van der Waals surface area (Å²) in [6.07, 6.45) is 3.16. The molecule has 0 spiro atoms. The molecule has 0 radical (unpaired) electrons. The van der Waals surface area contributed by atoms with Crippen LogP contribution in [0.25, 0.3) is 6.08 Å². The largest absolute Gasteiger partial charge is 0.466 e.